The number of rotatable bonds is 21. The van der Waals surface area contributed by atoms with Crippen LogP contribution in [0.4, 0.5) is 0 Å². The molecule has 0 radical (unpaired) electrons. The highest BCUT2D eigenvalue weighted by Gasteiger charge is 2.37. The van der Waals surface area contributed by atoms with Crippen molar-refractivity contribution in [2.24, 2.45) is 0 Å². The van der Waals surface area contributed by atoms with Gasteiger partial charge in [0.25, 0.3) is 0 Å². The Morgan fingerprint density at radius 1 is 0.357 bits per heavy atom. The molecule has 0 rings (SSSR count). The molecule has 0 aromatic rings. The smallest absolute Gasteiger partial charge is 0.129 e. The van der Waals surface area contributed by atoms with Gasteiger partial charge in [0.2, 0.25) is 5.87 Å². The lowest BCUT2D eigenvalue weighted by atomic mass is 10.4. The molecule has 0 spiro atoms. The number of hydrogen-bond donors (Lipinski definition) is 0. The first kappa shape index (κ1) is 29.4. The van der Waals surface area contributed by atoms with Crippen molar-refractivity contribution in [1.29, 1.82) is 0 Å². The van der Waals surface area contributed by atoms with Crippen LogP contribution >= 0.6 is 23.4 Å². The van der Waals surface area contributed by atoms with Gasteiger partial charge in [-0.25, -0.2) is 0 Å². The van der Waals surface area contributed by atoms with Gasteiger partial charge >= 0.3 is 0 Å². The Bertz CT molecular complexity index is 243. The molecule has 0 atom stereocenters. The van der Waals surface area contributed by atoms with Gasteiger partial charge in [-0.3, -0.25) is 0 Å². The maximum atomic E-state index is 2.41. The summed E-state index contributed by atoms with van der Waals surface area (Å²) in [4.78, 5) is 0. The zero-order valence-corrected chi connectivity index (χ0v) is 23.3. The van der Waals surface area contributed by atoms with Crippen molar-refractivity contribution in [3.63, 3.8) is 0 Å². The highest BCUT2D eigenvalue weighted by atomic mass is 31.2. The third-order valence-electron chi connectivity index (χ3n) is 5.77. The minimum Gasteiger partial charge on any atom is -0.129 e. The van der Waals surface area contributed by atoms with E-state index in [1.54, 1.807) is 37.0 Å². The molecule has 0 amide bonds. The number of hydrogen-bond acceptors (Lipinski definition) is 0. The maximum absolute atomic E-state index is 2.41. The summed E-state index contributed by atoms with van der Waals surface area (Å²) in [5, 5.41) is 0. The Balaban J connectivity index is 5.67. The molecule has 0 unspecified atom stereocenters. The van der Waals surface area contributed by atoms with Crippen molar-refractivity contribution < 1.29 is 0 Å². The Morgan fingerprint density at radius 2 is 0.536 bits per heavy atom. The molecule has 0 bridgehead atoms. The van der Waals surface area contributed by atoms with E-state index in [1.807, 2.05) is 0 Å². The van der Waals surface area contributed by atoms with Crippen LogP contribution in [0.15, 0.2) is 0 Å². The monoisotopic (exact) mass is 446 g/mol. The van der Waals surface area contributed by atoms with Gasteiger partial charge in [-0.1, -0.05) is 119 Å². The van der Waals surface area contributed by atoms with E-state index in [1.165, 1.54) is 82.9 Å². The predicted octanol–water partition coefficient (Wildman–Crippen LogP) is 10.2. The Kier molecular flexibility index (Phi) is 22.6. The van der Waals surface area contributed by atoms with Crippen LogP contribution in [-0.2, 0) is 0 Å². The van der Waals surface area contributed by atoms with E-state index >= 15 is 0 Å². The molecule has 0 N–H and O–H groups in total. The zero-order valence-electron chi connectivity index (χ0n) is 20.6. The first-order valence-electron chi connectivity index (χ1n) is 12.9. The molecule has 0 aliphatic rings. The van der Waals surface area contributed by atoms with E-state index in [4.69, 9.17) is 0 Å². The SMILES string of the molecule is CCCCP(CCCC)B(P(CCCC)CCCC)P(CCCC)CCCC. The van der Waals surface area contributed by atoms with Crippen LogP contribution in [0.1, 0.15) is 119 Å². The van der Waals surface area contributed by atoms with Crippen LogP contribution in [0.5, 0.6) is 0 Å². The largest absolute Gasteiger partial charge is 0.228 e. The Labute approximate surface area is 184 Å². The number of unbranched alkanes of at least 4 members (excludes halogenated alkanes) is 6. The molecule has 0 aromatic heterocycles. The summed E-state index contributed by atoms with van der Waals surface area (Å²) in [6.07, 6.45) is 27.0. The lowest BCUT2D eigenvalue weighted by Gasteiger charge is -2.39. The van der Waals surface area contributed by atoms with Gasteiger partial charge in [0.05, 0.1) is 0 Å². The topological polar surface area (TPSA) is 0 Å². The summed E-state index contributed by atoms with van der Waals surface area (Å²) < 4.78 is 0. The second-order valence-electron chi connectivity index (χ2n) is 8.58. The molecule has 0 aromatic carbocycles. The molecular weight excluding hydrogens is 392 g/mol. The standard InChI is InChI=1S/C24H54BP3/c1-7-13-19-26(20-14-8-2)25(27(21-15-9-3)22-16-10-4)28(23-17-11-5)24-18-12-6/h7-24H2,1-6H3. The van der Waals surface area contributed by atoms with Crippen LogP contribution in [0.3, 0.4) is 0 Å². The third kappa shape index (κ3) is 13.6. The molecule has 0 fully saturated rings. The lowest BCUT2D eigenvalue weighted by molar-refractivity contribution is 0.868. The van der Waals surface area contributed by atoms with Crippen molar-refractivity contribution in [3.8, 4) is 0 Å². The molecule has 4 heteroatoms. The predicted molar refractivity (Wildman–Crippen MR) is 145 cm³/mol. The first-order chi connectivity index (χ1) is 13.7. The van der Waals surface area contributed by atoms with Crippen molar-refractivity contribution in [2.75, 3.05) is 37.0 Å². The summed E-state index contributed by atoms with van der Waals surface area (Å²) >= 11 is 0. The second-order valence-corrected chi connectivity index (χ2v) is 17.6. The zero-order chi connectivity index (χ0) is 21.0. The molecule has 0 saturated carbocycles. The fraction of sp³-hybridized carbons (Fsp3) is 1.00. The normalized spacial score (nSPS) is 11.9. The Morgan fingerprint density at radius 3 is 0.679 bits per heavy atom. The Hall–Kier alpha value is 1.35. The van der Waals surface area contributed by atoms with E-state index in [-0.39, 0.29) is 23.4 Å². The molecule has 0 heterocycles. The molecule has 0 aliphatic heterocycles. The van der Waals surface area contributed by atoms with Gasteiger partial charge in [-0.2, -0.15) is 0 Å². The van der Waals surface area contributed by atoms with Crippen molar-refractivity contribution >= 4 is 29.3 Å². The summed E-state index contributed by atoms with van der Waals surface area (Å²) in [6, 6.07) is 0. The van der Waals surface area contributed by atoms with E-state index in [2.05, 4.69) is 41.5 Å². The molecule has 28 heavy (non-hydrogen) atoms. The van der Waals surface area contributed by atoms with E-state index in [0.29, 0.717) is 0 Å². The van der Waals surface area contributed by atoms with Gasteiger partial charge in [-0.05, 0) is 37.0 Å². The van der Waals surface area contributed by atoms with Crippen LogP contribution in [0.2, 0.25) is 0 Å². The fourth-order valence-corrected chi connectivity index (χ4v) is 20.0. The summed E-state index contributed by atoms with van der Waals surface area (Å²) in [5.74, 6) is 1.20. The first-order valence-corrected chi connectivity index (χ1v) is 18.3. The average molecular weight is 446 g/mol. The molecule has 0 nitrogen and oxygen atoms in total. The maximum Gasteiger partial charge on any atom is 0.228 e. The molecule has 168 valence electrons. The van der Waals surface area contributed by atoms with Gasteiger partial charge in [0, 0.05) is 0 Å². The van der Waals surface area contributed by atoms with E-state index < -0.39 is 0 Å². The second kappa shape index (κ2) is 21.6. The van der Waals surface area contributed by atoms with Crippen LogP contribution in [0.25, 0.3) is 0 Å². The van der Waals surface area contributed by atoms with E-state index in [0.717, 1.165) is 0 Å². The molecule has 0 aliphatic carbocycles. The third-order valence-corrected chi connectivity index (χ3v) is 19.0. The van der Waals surface area contributed by atoms with Gasteiger partial charge in [-0.15, -0.1) is 23.4 Å². The molecule has 0 saturated heterocycles. The highest BCUT2D eigenvalue weighted by Crippen LogP contribution is 2.69. The summed E-state index contributed by atoms with van der Waals surface area (Å²) in [7, 11) is 0.830. The summed E-state index contributed by atoms with van der Waals surface area (Å²) in [5.41, 5.74) is 0. The van der Waals surface area contributed by atoms with Crippen molar-refractivity contribution in [3.05, 3.63) is 0 Å². The van der Waals surface area contributed by atoms with Gasteiger partial charge in [0.15, 0.2) is 0 Å². The van der Waals surface area contributed by atoms with Crippen LogP contribution in [0, 0.1) is 0 Å². The quantitative estimate of drug-likeness (QED) is 0.122. The molecular formula is C24H54BP3. The van der Waals surface area contributed by atoms with Crippen molar-refractivity contribution in [2.45, 2.75) is 119 Å². The minimum absolute atomic E-state index is 0.277. The minimum atomic E-state index is 0.277. The van der Waals surface area contributed by atoms with Crippen molar-refractivity contribution in [1.82, 2.24) is 0 Å². The summed E-state index contributed by atoms with van der Waals surface area (Å²) in [6.45, 7) is 14.5. The fourth-order valence-electron chi connectivity index (χ4n) is 3.89. The highest BCUT2D eigenvalue weighted by molar-refractivity contribution is 8.42. The van der Waals surface area contributed by atoms with E-state index in [9.17, 15) is 0 Å². The van der Waals surface area contributed by atoms with Crippen LogP contribution in [-0.4, -0.2) is 42.8 Å². The van der Waals surface area contributed by atoms with Gasteiger partial charge in [0.1, 0.15) is 0 Å². The lowest BCUT2D eigenvalue weighted by Crippen LogP contribution is -2.19. The van der Waals surface area contributed by atoms with Gasteiger partial charge < -0.3 is 0 Å². The van der Waals surface area contributed by atoms with Crippen LogP contribution < -0.4 is 0 Å². The average Bonchev–Trinajstić information content (AvgIpc) is 2.72.